The van der Waals surface area contributed by atoms with Gasteiger partial charge in [0.25, 0.3) is 0 Å². The van der Waals surface area contributed by atoms with Crippen LogP contribution in [0.4, 0.5) is 11.5 Å². The first-order chi connectivity index (χ1) is 14.6. The van der Waals surface area contributed by atoms with Crippen molar-refractivity contribution in [3.63, 3.8) is 0 Å². The Kier molecular flexibility index (Phi) is 6.10. The molecule has 3 aromatic rings. The first-order valence-electron chi connectivity index (χ1n) is 9.84. The molecule has 0 unspecified atom stereocenters. The van der Waals surface area contributed by atoms with Crippen molar-refractivity contribution in [3.8, 4) is 5.88 Å². The Balaban J connectivity index is 1.63. The number of fused-ring (bicyclic) bond motifs is 1. The highest BCUT2D eigenvalue weighted by molar-refractivity contribution is 7.20. The maximum Gasteiger partial charge on any atom is 0.348 e. The number of pyridine rings is 1. The number of methoxy groups -OCH3 is 2. The van der Waals surface area contributed by atoms with E-state index in [0.29, 0.717) is 27.1 Å². The van der Waals surface area contributed by atoms with Crippen molar-refractivity contribution in [2.24, 2.45) is 0 Å². The van der Waals surface area contributed by atoms with Gasteiger partial charge in [0.2, 0.25) is 5.88 Å². The fourth-order valence-corrected chi connectivity index (χ4v) is 4.81. The van der Waals surface area contributed by atoms with Crippen molar-refractivity contribution in [1.82, 2.24) is 15.0 Å². The minimum Gasteiger partial charge on any atom is -0.473 e. The molecule has 1 N–H and O–H groups in total. The fraction of sp³-hybridized carbons (Fsp3) is 0.429. The fourth-order valence-electron chi connectivity index (χ4n) is 3.74. The summed E-state index contributed by atoms with van der Waals surface area (Å²) in [5.41, 5.74) is 1.49. The molecular formula is C21H24N4O4S. The van der Waals surface area contributed by atoms with Crippen molar-refractivity contribution in [2.45, 2.75) is 44.8 Å². The van der Waals surface area contributed by atoms with Crippen LogP contribution in [-0.2, 0) is 9.47 Å². The molecule has 2 atom stereocenters. The molecule has 0 aromatic carbocycles. The average molecular weight is 429 g/mol. The quantitative estimate of drug-likeness (QED) is 0.582. The summed E-state index contributed by atoms with van der Waals surface area (Å²) in [4.78, 5) is 26.5. The van der Waals surface area contributed by atoms with E-state index in [1.807, 2.05) is 19.1 Å². The summed E-state index contributed by atoms with van der Waals surface area (Å²) >= 11 is 1.29. The molecule has 1 aliphatic carbocycles. The van der Waals surface area contributed by atoms with E-state index in [9.17, 15) is 4.79 Å². The van der Waals surface area contributed by atoms with Gasteiger partial charge in [-0.2, -0.15) is 0 Å². The third kappa shape index (κ3) is 4.08. The van der Waals surface area contributed by atoms with E-state index in [1.54, 1.807) is 13.3 Å². The molecular weight excluding hydrogens is 404 g/mol. The number of nitrogens with one attached hydrogen (secondary N) is 1. The molecule has 3 aromatic heterocycles. The standard InChI is InChI=1S/C21H24N4O4S/c1-12-16-18(23-11-24-20(16)30-17(12)21(26)28-3)25-15-8-5-9-22-19(15)29-14-7-4-6-13(10-14)27-2/h5,8-9,11,13-14H,4,6-7,10H2,1-3H3,(H,23,24,25)/t13-,14+/m1/s1. The number of hydrogen-bond acceptors (Lipinski definition) is 9. The lowest BCUT2D eigenvalue weighted by Gasteiger charge is -2.28. The predicted octanol–water partition coefficient (Wildman–Crippen LogP) is 4.26. The highest BCUT2D eigenvalue weighted by Crippen LogP contribution is 2.36. The van der Waals surface area contributed by atoms with Gasteiger partial charge in [0, 0.05) is 19.7 Å². The highest BCUT2D eigenvalue weighted by Gasteiger charge is 2.25. The Morgan fingerprint density at radius 1 is 1.20 bits per heavy atom. The number of ether oxygens (including phenoxy) is 3. The summed E-state index contributed by atoms with van der Waals surface area (Å²) in [7, 11) is 3.11. The molecule has 0 amide bonds. The number of rotatable bonds is 6. The van der Waals surface area contributed by atoms with Gasteiger partial charge in [-0.1, -0.05) is 0 Å². The molecule has 30 heavy (non-hydrogen) atoms. The van der Waals surface area contributed by atoms with E-state index in [0.717, 1.165) is 36.6 Å². The van der Waals surface area contributed by atoms with Crippen LogP contribution in [0.1, 0.15) is 40.9 Å². The van der Waals surface area contributed by atoms with E-state index in [2.05, 4.69) is 20.3 Å². The molecule has 1 fully saturated rings. The molecule has 3 heterocycles. The van der Waals surface area contributed by atoms with Gasteiger partial charge in [0.1, 0.15) is 33.6 Å². The van der Waals surface area contributed by atoms with Crippen LogP contribution in [0.25, 0.3) is 10.2 Å². The van der Waals surface area contributed by atoms with E-state index in [1.165, 1.54) is 24.8 Å². The zero-order valence-corrected chi connectivity index (χ0v) is 18.0. The Morgan fingerprint density at radius 2 is 2.03 bits per heavy atom. The van der Waals surface area contributed by atoms with Crippen molar-refractivity contribution in [3.05, 3.63) is 35.1 Å². The normalized spacial score (nSPS) is 18.9. The summed E-state index contributed by atoms with van der Waals surface area (Å²) in [6.07, 6.45) is 7.39. The topological polar surface area (TPSA) is 95.5 Å². The van der Waals surface area contributed by atoms with Crippen LogP contribution in [0.15, 0.2) is 24.7 Å². The molecule has 158 valence electrons. The molecule has 9 heteroatoms. The third-order valence-corrected chi connectivity index (χ3v) is 6.49. The maximum atomic E-state index is 12.1. The molecule has 0 saturated heterocycles. The van der Waals surface area contributed by atoms with Crippen LogP contribution >= 0.6 is 11.3 Å². The van der Waals surface area contributed by atoms with Crippen molar-refractivity contribution in [2.75, 3.05) is 19.5 Å². The van der Waals surface area contributed by atoms with Crippen molar-refractivity contribution < 1.29 is 19.0 Å². The average Bonchev–Trinajstić information content (AvgIpc) is 3.12. The van der Waals surface area contributed by atoms with Crippen LogP contribution < -0.4 is 10.1 Å². The number of esters is 1. The number of thiophene rings is 1. The minimum atomic E-state index is -0.378. The number of anilines is 2. The lowest BCUT2D eigenvalue weighted by atomic mass is 9.95. The van der Waals surface area contributed by atoms with Gasteiger partial charge < -0.3 is 19.5 Å². The van der Waals surface area contributed by atoms with Gasteiger partial charge in [-0.3, -0.25) is 0 Å². The van der Waals surface area contributed by atoms with E-state index in [4.69, 9.17) is 14.2 Å². The van der Waals surface area contributed by atoms with Crippen LogP contribution in [0, 0.1) is 6.92 Å². The minimum absolute atomic E-state index is 0.0541. The van der Waals surface area contributed by atoms with Crippen LogP contribution in [0.5, 0.6) is 5.88 Å². The van der Waals surface area contributed by atoms with Crippen LogP contribution in [0.3, 0.4) is 0 Å². The van der Waals surface area contributed by atoms with Crippen molar-refractivity contribution >= 4 is 39.0 Å². The summed E-state index contributed by atoms with van der Waals surface area (Å²) in [6, 6.07) is 3.74. The molecule has 0 aliphatic heterocycles. The molecule has 1 saturated carbocycles. The summed E-state index contributed by atoms with van der Waals surface area (Å²) in [6.45, 7) is 1.87. The second kappa shape index (κ2) is 8.93. The number of aryl methyl sites for hydroxylation is 1. The zero-order chi connectivity index (χ0) is 21.1. The van der Waals surface area contributed by atoms with Gasteiger partial charge in [-0.25, -0.2) is 19.7 Å². The summed E-state index contributed by atoms with van der Waals surface area (Å²) in [5.74, 6) is 0.740. The van der Waals surface area contributed by atoms with Crippen molar-refractivity contribution in [1.29, 1.82) is 0 Å². The first kappa shape index (κ1) is 20.5. The lowest BCUT2D eigenvalue weighted by Crippen LogP contribution is -2.29. The van der Waals surface area contributed by atoms with Crippen LogP contribution in [0.2, 0.25) is 0 Å². The Labute approximate surface area is 178 Å². The zero-order valence-electron chi connectivity index (χ0n) is 17.2. The van der Waals surface area contributed by atoms with E-state index < -0.39 is 0 Å². The monoisotopic (exact) mass is 428 g/mol. The molecule has 0 radical (unpaired) electrons. The SMILES string of the molecule is COC(=O)c1sc2ncnc(Nc3cccnc3O[C@H]3CCC[C@@H](OC)C3)c2c1C. The number of carbonyl (C=O) groups excluding carboxylic acids is 1. The van der Waals surface area contributed by atoms with E-state index >= 15 is 0 Å². The number of aromatic nitrogens is 3. The van der Waals surface area contributed by atoms with Gasteiger partial charge in [-0.15, -0.1) is 11.3 Å². The highest BCUT2D eigenvalue weighted by atomic mass is 32.1. The van der Waals surface area contributed by atoms with Gasteiger partial charge in [0.15, 0.2) is 0 Å². The first-order valence-corrected chi connectivity index (χ1v) is 10.7. The summed E-state index contributed by atoms with van der Waals surface area (Å²) < 4.78 is 16.6. The lowest BCUT2D eigenvalue weighted by molar-refractivity contribution is 0.0197. The molecule has 1 aliphatic rings. The molecule has 4 rings (SSSR count). The third-order valence-electron chi connectivity index (χ3n) is 5.31. The number of carbonyl (C=O) groups is 1. The molecule has 0 spiro atoms. The number of hydrogen-bond donors (Lipinski definition) is 1. The van der Waals surface area contributed by atoms with Gasteiger partial charge >= 0.3 is 5.97 Å². The Morgan fingerprint density at radius 3 is 2.83 bits per heavy atom. The summed E-state index contributed by atoms with van der Waals surface area (Å²) in [5, 5.41) is 4.11. The Bertz CT molecular complexity index is 1050. The molecule has 8 nitrogen and oxygen atoms in total. The Hall–Kier alpha value is -2.78. The second-order valence-electron chi connectivity index (χ2n) is 7.20. The largest absolute Gasteiger partial charge is 0.473 e. The predicted molar refractivity (Wildman–Crippen MR) is 115 cm³/mol. The van der Waals surface area contributed by atoms with Gasteiger partial charge in [0.05, 0.1) is 18.6 Å². The number of nitrogens with zero attached hydrogens (tertiary/aromatic N) is 3. The van der Waals surface area contributed by atoms with E-state index in [-0.39, 0.29) is 18.2 Å². The smallest absolute Gasteiger partial charge is 0.348 e. The van der Waals surface area contributed by atoms with Gasteiger partial charge in [-0.05, 0) is 43.9 Å². The molecule has 0 bridgehead atoms. The van der Waals surface area contributed by atoms with Crippen LogP contribution in [-0.4, -0.2) is 47.3 Å². The second-order valence-corrected chi connectivity index (χ2v) is 8.19. The maximum absolute atomic E-state index is 12.1.